The molecule has 0 amide bonds. The maximum absolute atomic E-state index is 12.1. The van der Waals surface area contributed by atoms with Gasteiger partial charge >= 0.3 is 5.63 Å². The molecular weight excluding hydrogens is 266 g/mol. The summed E-state index contributed by atoms with van der Waals surface area (Å²) in [5, 5.41) is 0.504. The molecule has 3 aromatic rings. The molecule has 0 unspecified atom stereocenters. The van der Waals surface area contributed by atoms with E-state index in [1.807, 2.05) is 50.2 Å². The van der Waals surface area contributed by atoms with E-state index < -0.39 is 0 Å². The Morgan fingerprint density at radius 3 is 2.62 bits per heavy atom. The predicted molar refractivity (Wildman–Crippen MR) is 81.6 cm³/mol. The van der Waals surface area contributed by atoms with Gasteiger partial charge in [0, 0.05) is 5.56 Å². The minimum Gasteiger partial charge on any atom is -0.494 e. The third kappa shape index (κ3) is 2.65. The van der Waals surface area contributed by atoms with Crippen LogP contribution in [0, 0.1) is 6.92 Å². The zero-order valence-electron chi connectivity index (χ0n) is 11.9. The van der Waals surface area contributed by atoms with Crippen LogP contribution in [0.2, 0.25) is 0 Å². The van der Waals surface area contributed by atoms with Crippen molar-refractivity contribution in [2.24, 2.45) is 0 Å². The van der Waals surface area contributed by atoms with Crippen molar-refractivity contribution in [3.8, 4) is 17.2 Å². The summed E-state index contributed by atoms with van der Waals surface area (Å²) >= 11 is 0. The quantitative estimate of drug-likeness (QED) is 0.736. The van der Waals surface area contributed by atoms with Gasteiger partial charge in [-0.15, -0.1) is 0 Å². The molecule has 0 aliphatic rings. The lowest BCUT2D eigenvalue weighted by molar-refractivity contribution is 0.340. The highest BCUT2D eigenvalue weighted by Gasteiger charge is 2.08. The van der Waals surface area contributed by atoms with E-state index in [-0.39, 0.29) is 5.63 Å². The van der Waals surface area contributed by atoms with Gasteiger partial charge in [0.2, 0.25) is 5.89 Å². The zero-order chi connectivity index (χ0) is 14.8. The van der Waals surface area contributed by atoms with Gasteiger partial charge < -0.3 is 9.15 Å². The molecule has 0 spiro atoms. The SMILES string of the molecule is CCOc1ccc(-c2nc3ccc(C)cc3c(=O)o2)cc1. The van der Waals surface area contributed by atoms with Crippen LogP contribution in [0.4, 0.5) is 0 Å². The van der Waals surface area contributed by atoms with Crippen LogP contribution in [-0.2, 0) is 0 Å². The predicted octanol–water partition coefficient (Wildman–Crippen LogP) is 3.56. The Morgan fingerprint density at radius 1 is 1.14 bits per heavy atom. The molecule has 1 aromatic heterocycles. The molecule has 2 aromatic carbocycles. The van der Waals surface area contributed by atoms with Crippen LogP contribution in [0.3, 0.4) is 0 Å². The average Bonchev–Trinajstić information content (AvgIpc) is 2.49. The molecule has 0 aliphatic heterocycles. The Balaban J connectivity index is 2.08. The standard InChI is InChI=1S/C17H15NO3/c1-3-20-13-7-5-12(6-8-13)16-18-15-9-4-11(2)10-14(15)17(19)21-16/h4-10H,3H2,1-2H3. The molecule has 0 fully saturated rings. The number of ether oxygens (including phenoxy) is 1. The van der Waals surface area contributed by atoms with Gasteiger partial charge in [-0.1, -0.05) is 11.6 Å². The second kappa shape index (κ2) is 5.40. The van der Waals surface area contributed by atoms with Crippen LogP contribution in [-0.4, -0.2) is 11.6 Å². The third-order valence-electron chi connectivity index (χ3n) is 3.20. The van der Waals surface area contributed by atoms with E-state index in [4.69, 9.17) is 9.15 Å². The van der Waals surface area contributed by atoms with Crippen molar-refractivity contribution in [2.75, 3.05) is 6.61 Å². The maximum atomic E-state index is 12.1. The van der Waals surface area contributed by atoms with Crippen molar-refractivity contribution in [3.05, 3.63) is 58.4 Å². The van der Waals surface area contributed by atoms with E-state index in [1.54, 1.807) is 6.07 Å². The summed E-state index contributed by atoms with van der Waals surface area (Å²) in [5.74, 6) is 1.10. The van der Waals surface area contributed by atoms with Gasteiger partial charge in [0.15, 0.2) is 0 Å². The highest BCUT2D eigenvalue weighted by atomic mass is 16.5. The molecule has 21 heavy (non-hydrogen) atoms. The molecule has 0 saturated heterocycles. The van der Waals surface area contributed by atoms with Gasteiger partial charge in [-0.05, 0) is 50.2 Å². The van der Waals surface area contributed by atoms with E-state index in [2.05, 4.69) is 4.98 Å². The zero-order valence-corrected chi connectivity index (χ0v) is 11.9. The summed E-state index contributed by atoms with van der Waals surface area (Å²) in [7, 11) is 0. The minimum absolute atomic E-state index is 0.319. The molecular formula is C17H15NO3. The van der Waals surface area contributed by atoms with E-state index in [9.17, 15) is 4.79 Å². The lowest BCUT2D eigenvalue weighted by Gasteiger charge is -2.05. The molecule has 0 saturated carbocycles. The van der Waals surface area contributed by atoms with Crippen LogP contribution >= 0.6 is 0 Å². The van der Waals surface area contributed by atoms with Gasteiger partial charge in [0.05, 0.1) is 17.5 Å². The van der Waals surface area contributed by atoms with Gasteiger partial charge in [0.25, 0.3) is 0 Å². The van der Waals surface area contributed by atoms with E-state index >= 15 is 0 Å². The molecule has 0 atom stereocenters. The Bertz CT molecular complexity index is 835. The lowest BCUT2D eigenvalue weighted by Crippen LogP contribution is -2.03. The van der Waals surface area contributed by atoms with Crippen LogP contribution in [0.1, 0.15) is 12.5 Å². The van der Waals surface area contributed by atoms with E-state index in [0.29, 0.717) is 23.4 Å². The topological polar surface area (TPSA) is 52.3 Å². The number of benzene rings is 2. The van der Waals surface area contributed by atoms with Gasteiger partial charge in [-0.25, -0.2) is 9.78 Å². The molecule has 0 bridgehead atoms. The second-order valence-corrected chi connectivity index (χ2v) is 4.78. The molecule has 4 nitrogen and oxygen atoms in total. The Kier molecular flexibility index (Phi) is 3.44. The monoisotopic (exact) mass is 281 g/mol. The van der Waals surface area contributed by atoms with Crippen LogP contribution in [0.15, 0.2) is 51.7 Å². The van der Waals surface area contributed by atoms with Crippen molar-refractivity contribution in [2.45, 2.75) is 13.8 Å². The number of aromatic nitrogens is 1. The van der Waals surface area contributed by atoms with Gasteiger partial charge in [-0.2, -0.15) is 0 Å². The molecule has 0 radical (unpaired) electrons. The Labute approximate surface area is 122 Å². The molecule has 106 valence electrons. The fraction of sp³-hybridized carbons (Fsp3) is 0.176. The van der Waals surface area contributed by atoms with Crippen LogP contribution in [0.5, 0.6) is 5.75 Å². The van der Waals surface area contributed by atoms with Gasteiger partial charge in [0.1, 0.15) is 5.75 Å². The first kappa shape index (κ1) is 13.4. The maximum Gasteiger partial charge on any atom is 0.347 e. The fourth-order valence-corrected chi connectivity index (χ4v) is 2.17. The van der Waals surface area contributed by atoms with Crippen molar-refractivity contribution in [1.29, 1.82) is 0 Å². The Hall–Kier alpha value is -2.62. The van der Waals surface area contributed by atoms with Gasteiger partial charge in [-0.3, -0.25) is 0 Å². The highest BCUT2D eigenvalue weighted by Crippen LogP contribution is 2.22. The van der Waals surface area contributed by atoms with Crippen molar-refractivity contribution < 1.29 is 9.15 Å². The van der Waals surface area contributed by atoms with Crippen LogP contribution < -0.4 is 10.4 Å². The first-order chi connectivity index (χ1) is 10.2. The first-order valence-corrected chi connectivity index (χ1v) is 6.82. The van der Waals surface area contributed by atoms with Crippen molar-refractivity contribution in [1.82, 2.24) is 4.98 Å². The molecule has 0 N–H and O–H groups in total. The Morgan fingerprint density at radius 2 is 1.90 bits per heavy atom. The van der Waals surface area contributed by atoms with Crippen LogP contribution in [0.25, 0.3) is 22.4 Å². The number of rotatable bonds is 3. The van der Waals surface area contributed by atoms with E-state index in [1.165, 1.54) is 0 Å². The number of hydrogen-bond acceptors (Lipinski definition) is 4. The molecule has 3 rings (SSSR count). The number of nitrogens with zero attached hydrogens (tertiary/aromatic N) is 1. The molecule has 4 heteroatoms. The largest absolute Gasteiger partial charge is 0.494 e. The number of hydrogen-bond donors (Lipinski definition) is 0. The fourth-order valence-electron chi connectivity index (χ4n) is 2.17. The van der Waals surface area contributed by atoms with E-state index in [0.717, 1.165) is 16.9 Å². The minimum atomic E-state index is -0.368. The van der Waals surface area contributed by atoms with Crippen molar-refractivity contribution in [3.63, 3.8) is 0 Å². The first-order valence-electron chi connectivity index (χ1n) is 6.82. The summed E-state index contributed by atoms with van der Waals surface area (Å²) < 4.78 is 10.7. The second-order valence-electron chi connectivity index (χ2n) is 4.78. The average molecular weight is 281 g/mol. The summed E-state index contributed by atoms with van der Waals surface area (Å²) in [4.78, 5) is 16.5. The van der Waals surface area contributed by atoms with Crippen molar-refractivity contribution >= 4 is 10.9 Å². The summed E-state index contributed by atoms with van der Waals surface area (Å²) in [6.45, 7) is 4.47. The summed E-state index contributed by atoms with van der Waals surface area (Å²) in [6.07, 6.45) is 0. The number of aryl methyl sites for hydroxylation is 1. The molecule has 0 aliphatic carbocycles. The summed E-state index contributed by atoms with van der Waals surface area (Å²) in [6, 6.07) is 12.9. The third-order valence-corrected chi connectivity index (χ3v) is 3.20. The molecule has 1 heterocycles. The summed E-state index contributed by atoms with van der Waals surface area (Å²) in [5.41, 5.74) is 2.02. The smallest absolute Gasteiger partial charge is 0.347 e. The number of fused-ring (bicyclic) bond motifs is 1. The lowest BCUT2D eigenvalue weighted by atomic mass is 10.1. The highest BCUT2D eigenvalue weighted by molar-refractivity contribution is 5.79. The normalized spacial score (nSPS) is 10.8.